The van der Waals surface area contributed by atoms with E-state index in [1.54, 1.807) is 0 Å². The smallest absolute Gasteiger partial charge is 0.162 e. The molecule has 74 valence electrons. The van der Waals surface area contributed by atoms with E-state index in [-0.39, 0.29) is 0 Å². The van der Waals surface area contributed by atoms with Crippen LogP contribution >= 0.6 is 0 Å². The van der Waals surface area contributed by atoms with Gasteiger partial charge >= 0.3 is 0 Å². The molecule has 2 rings (SSSR count). The average molecular weight is 191 g/mol. The van der Waals surface area contributed by atoms with Gasteiger partial charge in [0.2, 0.25) is 0 Å². The molecule has 0 radical (unpaired) electrons. The number of aromatic amines is 1. The minimum Gasteiger partial charge on any atom is -0.366 e. The highest BCUT2D eigenvalue weighted by Gasteiger charge is 2.07. The lowest BCUT2D eigenvalue weighted by atomic mass is 10.4. The van der Waals surface area contributed by atoms with E-state index in [1.807, 2.05) is 6.92 Å². The Morgan fingerprint density at radius 3 is 2.86 bits per heavy atom. The van der Waals surface area contributed by atoms with Crippen LogP contribution in [0.5, 0.6) is 0 Å². The molecule has 0 aliphatic heterocycles. The fourth-order valence-corrected chi connectivity index (χ4v) is 1.32. The summed E-state index contributed by atoms with van der Waals surface area (Å²) in [5, 5.41) is 3.23. The Kier molecular flexibility index (Phi) is 2.07. The number of imidazole rings is 1. The molecule has 2 aromatic rings. The highest BCUT2D eigenvalue weighted by Crippen LogP contribution is 2.16. The van der Waals surface area contributed by atoms with E-state index in [9.17, 15) is 0 Å². The molecule has 0 saturated carbocycles. The topological polar surface area (TPSA) is 66.5 Å². The minimum atomic E-state index is 0.338. The van der Waals surface area contributed by atoms with Crippen molar-refractivity contribution < 1.29 is 0 Å². The van der Waals surface area contributed by atoms with Crippen LogP contribution in [-0.2, 0) is 0 Å². The third-order valence-electron chi connectivity index (χ3n) is 1.83. The predicted octanol–water partition coefficient (Wildman–Crippen LogP) is 1.48. The predicted molar refractivity (Wildman–Crippen MR) is 55.2 cm³/mol. The van der Waals surface area contributed by atoms with Crippen molar-refractivity contribution in [3.8, 4) is 0 Å². The summed E-state index contributed by atoms with van der Waals surface area (Å²) in [6.07, 6.45) is 1.53. The molecule has 0 aliphatic rings. The molecule has 0 spiro atoms. The largest absolute Gasteiger partial charge is 0.366 e. The van der Waals surface area contributed by atoms with Gasteiger partial charge in [0.05, 0.1) is 0 Å². The second kappa shape index (κ2) is 3.25. The normalized spacial score (nSPS) is 11.1. The van der Waals surface area contributed by atoms with E-state index >= 15 is 0 Å². The lowest BCUT2D eigenvalue weighted by Crippen LogP contribution is -2.11. The average Bonchev–Trinajstić information content (AvgIpc) is 2.45. The third kappa shape index (κ3) is 1.53. The molecule has 0 unspecified atom stereocenters. The van der Waals surface area contributed by atoms with Crippen LogP contribution in [0.25, 0.3) is 11.2 Å². The first-order chi connectivity index (χ1) is 6.66. The first-order valence-electron chi connectivity index (χ1n) is 4.60. The van der Waals surface area contributed by atoms with E-state index in [1.165, 1.54) is 6.33 Å². The molecule has 0 atom stereocenters. The van der Waals surface area contributed by atoms with Gasteiger partial charge < -0.3 is 10.3 Å². The zero-order valence-electron chi connectivity index (χ0n) is 8.50. The number of aryl methyl sites for hydroxylation is 1. The Bertz CT molecular complexity index is 445. The molecular weight excluding hydrogens is 178 g/mol. The fourth-order valence-electron chi connectivity index (χ4n) is 1.32. The van der Waals surface area contributed by atoms with E-state index in [0.29, 0.717) is 6.04 Å². The summed E-state index contributed by atoms with van der Waals surface area (Å²) in [7, 11) is 0. The number of hydrogen-bond donors (Lipinski definition) is 2. The van der Waals surface area contributed by atoms with Gasteiger partial charge in [-0.3, -0.25) is 0 Å². The van der Waals surface area contributed by atoms with Crippen LogP contribution < -0.4 is 5.32 Å². The number of nitrogens with zero attached hydrogens (tertiary/aromatic N) is 3. The van der Waals surface area contributed by atoms with Gasteiger partial charge in [0, 0.05) is 6.04 Å². The number of fused-ring (bicyclic) bond motifs is 1. The zero-order chi connectivity index (χ0) is 10.1. The summed E-state index contributed by atoms with van der Waals surface area (Å²) in [5.74, 6) is 1.64. The van der Waals surface area contributed by atoms with Crippen LogP contribution in [0.1, 0.15) is 19.7 Å². The lowest BCUT2D eigenvalue weighted by Gasteiger charge is -2.07. The quantitative estimate of drug-likeness (QED) is 0.754. The van der Waals surface area contributed by atoms with Gasteiger partial charge in [-0.25, -0.2) is 15.0 Å². The number of anilines is 1. The van der Waals surface area contributed by atoms with Gasteiger partial charge in [0.15, 0.2) is 17.0 Å². The third-order valence-corrected chi connectivity index (χ3v) is 1.83. The highest BCUT2D eigenvalue weighted by molar-refractivity contribution is 5.82. The SMILES string of the molecule is Cc1nc2c(NC(C)C)ncnc2[nH]1. The van der Waals surface area contributed by atoms with Gasteiger partial charge in [-0.2, -0.15) is 0 Å². The maximum atomic E-state index is 4.32. The number of H-pyrrole nitrogens is 1. The van der Waals surface area contributed by atoms with Crippen LogP contribution in [0.3, 0.4) is 0 Å². The van der Waals surface area contributed by atoms with Crippen molar-refractivity contribution in [2.75, 3.05) is 5.32 Å². The van der Waals surface area contributed by atoms with Crippen LogP contribution in [0.15, 0.2) is 6.33 Å². The first-order valence-corrected chi connectivity index (χ1v) is 4.60. The molecule has 0 aromatic carbocycles. The van der Waals surface area contributed by atoms with Crippen molar-refractivity contribution in [2.45, 2.75) is 26.8 Å². The maximum absolute atomic E-state index is 4.32. The van der Waals surface area contributed by atoms with Crippen molar-refractivity contribution in [1.82, 2.24) is 19.9 Å². The van der Waals surface area contributed by atoms with Crippen molar-refractivity contribution >= 4 is 17.0 Å². The van der Waals surface area contributed by atoms with Gasteiger partial charge in [0.25, 0.3) is 0 Å². The number of nitrogens with one attached hydrogen (secondary N) is 2. The number of aromatic nitrogens is 4. The molecule has 0 aliphatic carbocycles. The highest BCUT2D eigenvalue weighted by atomic mass is 15.1. The molecule has 0 fully saturated rings. The van der Waals surface area contributed by atoms with Crippen molar-refractivity contribution in [1.29, 1.82) is 0 Å². The Hall–Kier alpha value is -1.65. The van der Waals surface area contributed by atoms with Crippen LogP contribution in [0.2, 0.25) is 0 Å². The van der Waals surface area contributed by atoms with Gasteiger partial charge in [-0.1, -0.05) is 0 Å². The van der Waals surface area contributed by atoms with Crippen molar-refractivity contribution in [3.63, 3.8) is 0 Å². The fraction of sp³-hybridized carbons (Fsp3) is 0.444. The van der Waals surface area contributed by atoms with Gasteiger partial charge in [-0.05, 0) is 20.8 Å². The minimum absolute atomic E-state index is 0.338. The van der Waals surface area contributed by atoms with Crippen LogP contribution in [-0.4, -0.2) is 26.0 Å². The van der Waals surface area contributed by atoms with Crippen molar-refractivity contribution in [3.05, 3.63) is 12.2 Å². The number of hydrogen-bond acceptors (Lipinski definition) is 4. The molecule has 0 amide bonds. The monoisotopic (exact) mass is 191 g/mol. The first kappa shape index (κ1) is 8.93. The molecule has 2 heterocycles. The van der Waals surface area contributed by atoms with Gasteiger partial charge in [0.1, 0.15) is 12.2 Å². The summed E-state index contributed by atoms with van der Waals surface area (Å²) in [6.45, 7) is 6.03. The van der Waals surface area contributed by atoms with Gasteiger partial charge in [-0.15, -0.1) is 0 Å². The molecule has 5 nitrogen and oxygen atoms in total. The molecule has 0 saturated heterocycles. The molecular formula is C9H13N5. The summed E-state index contributed by atoms with van der Waals surface area (Å²) >= 11 is 0. The van der Waals surface area contributed by atoms with Crippen molar-refractivity contribution in [2.24, 2.45) is 0 Å². The Labute approximate surface area is 82.0 Å². The van der Waals surface area contributed by atoms with E-state index < -0.39 is 0 Å². The Morgan fingerprint density at radius 1 is 1.36 bits per heavy atom. The molecule has 2 aromatic heterocycles. The molecule has 14 heavy (non-hydrogen) atoms. The molecule has 5 heteroatoms. The van der Waals surface area contributed by atoms with E-state index in [4.69, 9.17) is 0 Å². The standard InChI is InChI=1S/C9H13N5/c1-5(2)12-8-7-9(11-4-10-8)14-6(3)13-7/h4-5H,1-3H3,(H2,10,11,12,13,14). The summed E-state index contributed by atoms with van der Waals surface area (Å²) < 4.78 is 0. The lowest BCUT2D eigenvalue weighted by molar-refractivity contribution is 0.889. The Morgan fingerprint density at radius 2 is 2.14 bits per heavy atom. The number of rotatable bonds is 2. The second-order valence-corrected chi connectivity index (χ2v) is 3.54. The molecule has 0 bridgehead atoms. The Balaban J connectivity index is 2.53. The van der Waals surface area contributed by atoms with E-state index in [0.717, 1.165) is 22.8 Å². The second-order valence-electron chi connectivity index (χ2n) is 3.54. The summed E-state index contributed by atoms with van der Waals surface area (Å²) in [4.78, 5) is 15.6. The molecule has 2 N–H and O–H groups in total. The zero-order valence-corrected chi connectivity index (χ0v) is 8.50. The van der Waals surface area contributed by atoms with Crippen LogP contribution in [0.4, 0.5) is 5.82 Å². The van der Waals surface area contributed by atoms with E-state index in [2.05, 4.69) is 39.1 Å². The van der Waals surface area contributed by atoms with Crippen LogP contribution in [0, 0.1) is 6.92 Å². The maximum Gasteiger partial charge on any atom is 0.162 e. The summed E-state index contributed by atoms with van der Waals surface area (Å²) in [5.41, 5.74) is 1.58. The summed E-state index contributed by atoms with van der Waals surface area (Å²) in [6, 6.07) is 0.338.